The van der Waals surface area contributed by atoms with Gasteiger partial charge in [-0.15, -0.1) is 10.2 Å². The fraction of sp³-hybridized carbons (Fsp3) is 0.100. The first-order chi connectivity index (χ1) is 14.7. The summed E-state index contributed by atoms with van der Waals surface area (Å²) in [6.45, 7) is 1.22. The van der Waals surface area contributed by atoms with Crippen LogP contribution in [-0.4, -0.2) is 40.8 Å². The molecule has 4 aromatic heterocycles. The van der Waals surface area contributed by atoms with E-state index in [0.717, 1.165) is 10.0 Å². The first-order valence-corrected chi connectivity index (χ1v) is 11.3. The van der Waals surface area contributed by atoms with E-state index in [2.05, 4.69) is 20.3 Å². The van der Waals surface area contributed by atoms with Crippen molar-refractivity contribution in [3.8, 4) is 11.3 Å². The molecule has 1 atom stereocenters. The van der Waals surface area contributed by atoms with Gasteiger partial charge in [-0.1, -0.05) is 12.1 Å². The zero-order valence-corrected chi connectivity index (χ0v) is 17.0. The SMILES string of the molecule is CP(=O)(O)c1cccc(-c2cnc3nnc(C(F)(F)c4ccc5cccn5c4)n3n2)c1. The predicted octanol–water partition coefficient (Wildman–Crippen LogP) is 3.10. The van der Waals surface area contributed by atoms with E-state index < -0.39 is 19.1 Å². The summed E-state index contributed by atoms with van der Waals surface area (Å²) >= 11 is 0. The maximum Gasteiger partial charge on any atom is 0.335 e. The zero-order valence-electron chi connectivity index (χ0n) is 16.1. The molecular weight excluding hydrogens is 425 g/mol. The number of halogens is 2. The highest BCUT2D eigenvalue weighted by atomic mass is 31.2. The van der Waals surface area contributed by atoms with Gasteiger partial charge in [-0.2, -0.15) is 18.4 Å². The van der Waals surface area contributed by atoms with Gasteiger partial charge in [0, 0.05) is 41.0 Å². The molecule has 0 aliphatic rings. The summed E-state index contributed by atoms with van der Waals surface area (Å²) in [6.07, 6.45) is 4.36. The number of hydrogen-bond acceptors (Lipinski definition) is 5. The van der Waals surface area contributed by atoms with Crippen LogP contribution in [0.25, 0.3) is 22.6 Å². The molecule has 156 valence electrons. The molecule has 0 saturated heterocycles. The molecule has 0 bridgehead atoms. The summed E-state index contributed by atoms with van der Waals surface area (Å²) in [7, 11) is -3.49. The number of fused-ring (bicyclic) bond motifs is 2. The molecule has 8 nitrogen and oxygen atoms in total. The van der Waals surface area contributed by atoms with E-state index >= 15 is 8.78 Å². The lowest BCUT2D eigenvalue weighted by atomic mass is 10.1. The summed E-state index contributed by atoms with van der Waals surface area (Å²) in [5.74, 6) is -4.25. The van der Waals surface area contributed by atoms with Crippen LogP contribution < -0.4 is 5.30 Å². The van der Waals surface area contributed by atoms with Gasteiger partial charge in [-0.25, -0.2) is 4.98 Å². The Labute approximate surface area is 174 Å². The standard InChI is InChI=1S/C20H15F2N6O2P/c1-31(29,30)16-6-2-4-13(10-16)17-11-23-19-25-24-18(28(19)26-17)20(21,22)14-7-8-15-5-3-9-27(15)12-14/h2-12H,1H3,(H,29,30). The van der Waals surface area contributed by atoms with Crippen molar-refractivity contribution in [3.05, 3.63) is 78.5 Å². The van der Waals surface area contributed by atoms with Crippen molar-refractivity contribution in [1.82, 2.24) is 29.2 Å². The van der Waals surface area contributed by atoms with Crippen LogP contribution in [0.3, 0.4) is 0 Å². The average molecular weight is 440 g/mol. The van der Waals surface area contributed by atoms with Gasteiger partial charge in [0.25, 0.3) is 5.78 Å². The largest absolute Gasteiger partial charge is 0.341 e. The molecule has 0 fully saturated rings. The molecule has 1 N–H and O–H groups in total. The highest BCUT2D eigenvalue weighted by Crippen LogP contribution is 2.36. The van der Waals surface area contributed by atoms with Crippen molar-refractivity contribution >= 4 is 24.0 Å². The van der Waals surface area contributed by atoms with E-state index in [0.29, 0.717) is 5.56 Å². The Bertz CT molecular complexity index is 1490. The van der Waals surface area contributed by atoms with Crippen LogP contribution in [-0.2, 0) is 10.5 Å². The molecule has 5 aromatic rings. The minimum atomic E-state index is -3.49. The van der Waals surface area contributed by atoms with Crippen LogP contribution in [0.4, 0.5) is 8.78 Å². The smallest absolute Gasteiger partial charge is 0.335 e. The Kier molecular flexibility index (Phi) is 4.25. The van der Waals surface area contributed by atoms with Crippen molar-refractivity contribution < 1.29 is 18.2 Å². The third-order valence-electron chi connectivity index (χ3n) is 4.92. The Balaban J connectivity index is 1.63. The lowest BCUT2D eigenvalue weighted by molar-refractivity contribution is 0.0301. The van der Waals surface area contributed by atoms with E-state index in [1.165, 1.54) is 37.3 Å². The summed E-state index contributed by atoms with van der Waals surface area (Å²) in [5.41, 5.74) is 1.21. The first-order valence-electron chi connectivity index (χ1n) is 9.19. The Hall–Kier alpha value is -3.49. The number of rotatable bonds is 4. The number of alkyl halides is 2. The minimum absolute atomic E-state index is 0.0834. The van der Waals surface area contributed by atoms with Gasteiger partial charge < -0.3 is 9.29 Å². The highest BCUT2D eigenvalue weighted by Gasteiger charge is 2.40. The van der Waals surface area contributed by atoms with Crippen LogP contribution in [0.2, 0.25) is 0 Å². The lowest BCUT2D eigenvalue weighted by Crippen LogP contribution is -2.21. The molecule has 0 amide bonds. The lowest BCUT2D eigenvalue weighted by Gasteiger charge is -2.15. The van der Waals surface area contributed by atoms with Gasteiger partial charge >= 0.3 is 5.92 Å². The van der Waals surface area contributed by atoms with Crippen LogP contribution in [0.15, 0.2) is 67.1 Å². The highest BCUT2D eigenvalue weighted by molar-refractivity contribution is 7.65. The Morgan fingerprint density at radius 1 is 1.10 bits per heavy atom. The first kappa shape index (κ1) is 19.5. The second-order valence-corrected chi connectivity index (χ2v) is 9.42. The Morgan fingerprint density at radius 2 is 1.94 bits per heavy atom. The number of pyridine rings is 1. The molecule has 0 aliphatic carbocycles. The molecule has 4 heterocycles. The second-order valence-electron chi connectivity index (χ2n) is 7.14. The Morgan fingerprint density at radius 3 is 2.74 bits per heavy atom. The predicted molar refractivity (Wildman–Crippen MR) is 110 cm³/mol. The molecule has 5 rings (SSSR count). The van der Waals surface area contributed by atoms with Gasteiger partial charge in [-0.05, 0) is 36.4 Å². The van der Waals surface area contributed by atoms with Gasteiger partial charge in [0.05, 0.1) is 6.20 Å². The van der Waals surface area contributed by atoms with Gasteiger partial charge in [0.1, 0.15) is 5.69 Å². The van der Waals surface area contributed by atoms with Crippen molar-refractivity contribution in [2.24, 2.45) is 0 Å². The van der Waals surface area contributed by atoms with Crippen molar-refractivity contribution in [3.63, 3.8) is 0 Å². The molecule has 0 radical (unpaired) electrons. The van der Waals surface area contributed by atoms with Gasteiger partial charge in [-0.3, -0.25) is 4.57 Å². The summed E-state index contributed by atoms with van der Waals surface area (Å²) in [6, 6.07) is 12.7. The van der Waals surface area contributed by atoms with Gasteiger partial charge in [0.2, 0.25) is 13.2 Å². The van der Waals surface area contributed by atoms with Crippen LogP contribution in [0, 0.1) is 0 Å². The molecule has 1 unspecified atom stereocenters. The molecule has 0 spiro atoms. The number of aromatic nitrogens is 6. The third kappa shape index (κ3) is 3.30. The number of benzene rings is 1. The number of nitrogens with zero attached hydrogens (tertiary/aromatic N) is 6. The molecule has 0 saturated carbocycles. The normalized spacial score (nSPS) is 14.2. The summed E-state index contributed by atoms with van der Waals surface area (Å²) in [5, 5.41) is 11.8. The third-order valence-corrected chi connectivity index (χ3v) is 6.16. The fourth-order valence-corrected chi connectivity index (χ4v) is 4.04. The zero-order chi connectivity index (χ0) is 21.8. The van der Waals surface area contributed by atoms with Crippen LogP contribution in [0.5, 0.6) is 0 Å². The van der Waals surface area contributed by atoms with Crippen molar-refractivity contribution in [2.45, 2.75) is 5.92 Å². The molecule has 31 heavy (non-hydrogen) atoms. The minimum Gasteiger partial charge on any atom is -0.341 e. The quantitative estimate of drug-likeness (QED) is 0.432. The van der Waals surface area contributed by atoms with Gasteiger partial charge in [0.15, 0.2) is 0 Å². The van der Waals surface area contributed by atoms with Crippen LogP contribution >= 0.6 is 7.37 Å². The van der Waals surface area contributed by atoms with E-state index in [1.54, 1.807) is 34.9 Å². The fourth-order valence-electron chi connectivity index (χ4n) is 3.30. The molecule has 11 heteroatoms. The van der Waals surface area contributed by atoms with Crippen molar-refractivity contribution in [1.29, 1.82) is 0 Å². The summed E-state index contributed by atoms with van der Waals surface area (Å²) in [4.78, 5) is 13.9. The maximum absolute atomic E-state index is 15.4. The molecular formula is C20H15F2N6O2P. The van der Waals surface area contributed by atoms with Crippen molar-refractivity contribution in [2.75, 3.05) is 6.66 Å². The number of hydrogen-bond donors (Lipinski definition) is 1. The maximum atomic E-state index is 15.4. The summed E-state index contributed by atoms with van der Waals surface area (Å²) < 4.78 is 45.2. The topological polar surface area (TPSA) is 97.7 Å². The monoisotopic (exact) mass is 440 g/mol. The molecule has 0 aliphatic heterocycles. The van der Waals surface area contributed by atoms with E-state index in [4.69, 9.17) is 0 Å². The van der Waals surface area contributed by atoms with Crippen LogP contribution in [0.1, 0.15) is 11.4 Å². The molecule has 1 aromatic carbocycles. The van der Waals surface area contributed by atoms with E-state index in [-0.39, 0.29) is 22.3 Å². The average Bonchev–Trinajstić information content (AvgIpc) is 3.39. The van der Waals surface area contributed by atoms with E-state index in [1.807, 2.05) is 6.07 Å². The van der Waals surface area contributed by atoms with E-state index in [9.17, 15) is 9.46 Å². The second kappa shape index (κ2) is 6.76.